The Morgan fingerprint density at radius 1 is 0.704 bits per heavy atom. The molecule has 0 bridgehead atoms. The van der Waals surface area contributed by atoms with Gasteiger partial charge in [0, 0.05) is 0 Å². The number of rotatable bonds is 2. The number of hydrogen-bond acceptors (Lipinski definition) is 2. The summed E-state index contributed by atoms with van der Waals surface area (Å²) in [5, 5.41) is 0. The molecule has 27 heavy (non-hydrogen) atoms. The third-order valence-electron chi connectivity index (χ3n) is 1.26. The first kappa shape index (κ1) is 46.3. The van der Waals surface area contributed by atoms with E-state index in [1.54, 1.807) is 38.7 Å². The van der Waals surface area contributed by atoms with Gasteiger partial charge in [-0.15, -0.1) is 0 Å². The minimum atomic E-state index is 0. The van der Waals surface area contributed by atoms with E-state index in [-0.39, 0.29) is 7.43 Å². The normalized spacial score (nSPS) is 8.37. The molecule has 0 spiro atoms. The van der Waals surface area contributed by atoms with Crippen molar-refractivity contribution in [2.45, 2.75) is 103 Å². The molecular weight excluding hydrogens is 672 g/mol. The topological polar surface area (TPSA) is 6.48 Å². The second kappa shape index (κ2) is 37.7. The van der Waals surface area contributed by atoms with Crippen molar-refractivity contribution in [1.29, 1.82) is 0 Å². The molecule has 2 nitrogen and oxygen atoms in total. The average Bonchev–Trinajstić information content (AvgIpc) is 2.38. The summed E-state index contributed by atoms with van der Waals surface area (Å²) >= 11 is 3.14. The van der Waals surface area contributed by atoms with Gasteiger partial charge < -0.3 is 4.90 Å². The Morgan fingerprint density at radius 3 is 0.778 bits per heavy atom. The first-order valence-electron chi connectivity index (χ1n) is 9.77. The fraction of sp³-hybridized carbons (Fsp3) is 0.913. The predicted molar refractivity (Wildman–Crippen MR) is 129 cm³/mol. The molecule has 0 aromatic heterocycles. The zero-order valence-corrected chi connectivity index (χ0v) is 27.2. The Labute approximate surface area is 199 Å². The van der Waals surface area contributed by atoms with Crippen LogP contribution in [-0.2, 0) is 38.7 Å². The Balaban J connectivity index is -0.0000000360. The molecular formula is C23H58N2W2. The van der Waals surface area contributed by atoms with Crippen LogP contribution in [0, 0.1) is 5.41 Å². The fourth-order valence-electron chi connectivity index (χ4n) is 0. The summed E-state index contributed by atoms with van der Waals surface area (Å²) in [6.07, 6.45) is 2.50. The van der Waals surface area contributed by atoms with Crippen LogP contribution in [-0.4, -0.2) is 52.5 Å². The van der Waals surface area contributed by atoms with E-state index >= 15 is 0 Å². The van der Waals surface area contributed by atoms with Gasteiger partial charge in [0.15, 0.2) is 0 Å². The summed E-state index contributed by atoms with van der Waals surface area (Å²) < 4.78 is 2.93. The maximum atomic E-state index is 2.19. The number of nitrogens with zero attached hydrogens (tertiary/aromatic N) is 2. The van der Waals surface area contributed by atoms with E-state index in [1.165, 1.54) is 20.8 Å². The molecule has 0 saturated heterocycles. The molecule has 0 aliphatic rings. The molecule has 0 aromatic carbocycles. The molecule has 0 N–H and O–H groups in total. The molecule has 0 radical (unpaired) electrons. The molecule has 0 heterocycles. The SMILES string of the molecule is C.CC(C)(C)C.CCC.CCC.CCN(C)C.C[C](=[W])N(C)C.C[C](C)=[W]. The van der Waals surface area contributed by atoms with Crippen molar-refractivity contribution >= 4 is 7.92 Å². The van der Waals surface area contributed by atoms with Gasteiger partial charge >= 0.3 is 86.4 Å². The van der Waals surface area contributed by atoms with Crippen LogP contribution in [0.4, 0.5) is 0 Å². The molecule has 4 heteroatoms. The van der Waals surface area contributed by atoms with Crippen LogP contribution in [0.5, 0.6) is 0 Å². The summed E-state index contributed by atoms with van der Waals surface area (Å²) in [6, 6.07) is 0. The van der Waals surface area contributed by atoms with Crippen LogP contribution in [0.1, 0.15) is 103 Å². The molecule has 0 unspecified atom stereocenters. The van der Waals surface area contributed by atoms with Crippen molar-refractivity contribution < 1.29 is 38.7 Å². The predicted octanol–water partition coefficient (Wildman–Crippen LogP) is 7.08. The fourth-order valence-corrected chi connectivity index (χ4v) is 0. The Morgan fingerprint density at radius 2 is 0.778 bits per heavy atom. The Hall–Kier alpha value is 1.04. The molecule has 172 valence electrons. The average molecular weight is 730 g/mol. The second-order valence-electron chi connectivity index (χ2n) is 8.13. The van der Waals surface area contributed by atoms with Crippen LogP contribution in [0.2, 0.25) is 0 Å². The van der Waals surface area contributed by atoms with Gasteiger partial charge in [-0.05, 0) is 26.1 Å². The standard InChI is InChI=1S/C5H12.C4H11N.C4H9N.2C3H8.C3H6.CH4.2W/c1-5(2,3)4;2*1-4-5(2)3;3*1-3-2;;;/h1-4H3;4H2,1-3H3;1-3H3;2*3H2,1-2H3;1-2H3;1H4;;. The summed E-state index contributed by atoms with van der Waals surface area (Å²) in [5.74, 6) is 0. The van der Waals surface area contributed by atoms with Crippen molar-refractivity contribution in [3.05, 3.63) is 0 Å². The first-order valence-corrected chi connectivity index (χ1v) is 12.7. The first-order chi connectivity index (χ1) is 11.5. The molecule has 0 saturated carbocycles. The maximum absolute atomic E-state index is 2.19. The van der Waals surface area contributed by atoms with Gasteiger partial charge in [-0.3, -0.25) is 0 Å². The summed E-state index contributed by atoms with van der Waals surface area (Å²) in [4.78, 5) is 4.25. The van der Waals surface area contributed by atoms with E-state index in [9.17, 15) is 0 Å². The molecule has 0 fully saturated rings. The Bertz CT molecular complexity index is 244. The van der Waals surface area contributed by atoms with Gasteiger partial charge in [0.1, 0.15) is 0 Å². The third kappa shape index (κ3) is 342. The van der Waals surface area contributed by atoms with Crippen molar-refractivity contribution in [2.75, 3.05) is 34.7 Å². The van der Waals surface area contributed by atoms with E-state index in [2.05, 4.69) is 121 Å². The second-order valence-corrected chi connectivity index (χ2v) is 13.2. The van der Waals surface area contributed by atoms with E-state index in [0.29, 0.717) is 5.41 Å². The van der Waals surface area contributed by atoms with Crippen LogP contribution in [0.3, 0.4) is 0 Å². The quantitative estimate of drug-likeness (QED) is 0.300. The van der Waals surface area contributed by atoms with E-state index < -0.39 is 0 Å². The number of hydrogen-bond donors (Lipinski definition) is 0. The monoisotopic (exact) mass is 730 g/mol. The van der Waals surface area contributed by atoms with Gasteiger partial charge in [-0.1, -0.05) is 82.6 Å². The summed E-state index contributed by atoms with van der Waals surface area (Å²) in [7, 11) is 8.23. The van der Waals surface area contributed by atoms with Crippen molar-refractivity contribution in [2.24, 2.45) is 5.41 Å². The van der Waals surface area contributed by atoms with E-state index in [1.807, 2.05) is 0 Å². The third-order valence-corrected chi connectivity index (χ3v) is 2.57. The Kier molecular flexibility index (Phi) is 64.7. The van der Waals surface area contributed by atoms with E-state index in [0.717, 1.165) is 6.54 Å². The molecule has 0 aliphatic carbocycles. The summed E-state index contributed by atoms with van der Waals surface area (Å²) in [6.45, 7) is 26.9. The molecule has 0 rings (SSSR count). The zero-order chi connectivity index (χ0) is 22.9. The van der Waals surface area contributed by atoms with Gasteiger partial charge in [0.05, 0.1) is 0 Å². The van der Waals surface area contributed by atoms with Crippen LogP contribution in [0.25, 0.3) is 0 Å². The van der Waals surface area contributed by atoms with Gasteiger partial charge in [-0.2, -0.15) is 0 Å². The van der Waals surface area contributed by atoms with Crippen molar-refractivity contribution in [3.8, 4) is 0 Å². The zero-order valence-electron chi connectivity index (χ0n) is 21.3. The van der Waals surface area contributed by atoms with Crippen LogP contribution in [0.15, 0.2) is 0 Å². The van der Waals surface area contributed by atoms with Crippen LogP contribution >= 0.6 is 0 Å². The molecule has 0 amide bonds. The summed E-state index contributed by atoms with van der Waals surface area (Å²) in [5.41, 5.74) is 0.500. The van der Waals surface area contributed by atoms with Gasteiger partial charge in [0.25, 0.3) is 0 Å². The molecule has 0 aromatic rings. The minimum absolute atomic E-state index is 0. The molecule has 0 atom stereocenters. The van der Waals surface area contributed by atoms with Crippen molar-refractivity contribution in [3.63, 3.8) is 0 Å². The van der Waals surface area contributed by atoms with Crippen molar-refractivity contribution in [1.82, 2.24) is 9.80 Å². The van der Waals surface area contributed by atoms with Crippen LogP contribution < -0.4 is 0 Å². The van der Waals surface area contributed by atoms with E-state index in [4.69, 9.17) is 0 Å². The van der Waals surface area contributed by atoms with Gasteiger partial charge in [0.2, 0.25) is 0 Å². The van der Waals surface area contributed by atoms with Gasteiger partial charge in [-0.25, -0.2) is 0 Å². The molecule has 0 aliphatic heterocycles.